The first-order chi connectivity index (χ1) is 16.4. The second kappa shape index (κ2) is 12.9. The van der Waals surface area contributed by atoms with E-state index < -0.39 is 0 Å². The topological polar surface area (TPSA) is 29.5 Å². The highest BCUT2D eigenvalue weighted by molar-refractivity contribution is 6.23. The van der Waals surface area contributed by atoms with Gasteiger partial charge >= 0.3 is 0 Å². The van der Waals surface area contributed by atoms with Crippen LogP contribution in [0.5, 0.6) is 0 Å². The Kier molecular flexibility index (Phi) is 9.38. The van der Waals surface area contributed by atoms with E-state index >= 15 is 0 Å². The Morgan fingerprint density at radius 3 is 1.76 bits per heavy atom. The maximum atomic E-state index is 8.79. The van der Waals surface area contributed by atoms with E-state index in [4.69, 9.17) is 9.84 Å². The van der Waals surface area contributed by atoms with E-state index in [1.807, 2.05) is 0 Å². The highest BCUT2D eigenvalue weighted by Crippen LogP contribution is 2.36. The van der Waals surface area contributed by atoms with Crippen LogP contribution in [0, 0.1) is 0 Å². The van der Waals surface area contributed by atoms with E-state index in [1.165, 1.54) is 95.7 Å². The fraction of sp³-hybridized carbons (Fsp3) is 0.484. The van der Waals surface area contributed by atoms with Gasteiger partial charge in [-0.2, -0.15) is 0 Å². The molecule has 0 heterocycles. The Labute approximate surface area is 199 Å². The summed E-state index contributed by atoms with van der Waals surface area (Å²) in [6.07, 6.45) is 14.7. The van der Waals surface area contributed by atoms with Crippen molar-refractivity contribution in [3.05, 3.63) is 60.2 Å². The number of rotatable bonds is 16. The van der Waals surface area contributed by atoms with Crippen molar-refractivity contribution in [1.29, 1.82) is 0 Å². The largest absolute Gasteiger partial charge is 0.396 e. The summed E-state index contributed by atoms with van der Waals surface area (Å²) < 4.78 is 5.90. The Morgan fingerprint density at radius 2 is 1.06 bits per heavy atom. The fourth-order valence-corrected chi connectivity index (χ4v) is 5.19. The van der Waals surface area contributed by atoms with E-state index in [9.17, 15) is 0 Å². The van der Waals surface area contributed by atoms with Crippen LogP contribution in [0.1, 0.15) is 76.2 Å². The average molecular weight is 445 g/mol. The molecule has 0 spiro atoms. The third-order valence-electron chi connectivity index (χ3n) is 7.05. The van der Waals surface area contributed by atoms with Crippen molar-refractivity contribution in [2.75, 3.05) is 19.8 Å². The lowest BCUT2D eigenvalue weighted by Gasteiger charge is -2.14. The van der Waals surface area contributed by atoms with Crippen molar-refractivity contribution in [3.8, 4) is 0 Å². The van der Waals surface area contributed by atoms with Crippen LogP contribution in [-0.4, -0.2) is 24.9 Å². The van der Waals surface area contributed by atoms with Gasteiger partial charge in [0.15, 0.2) is 0 Å². The van der Waals surface area contributed by atoms with Gasteiger partial charge in [-0.3, -0.25) is 0 Å². The van der Waals surface area contributed by atoms with E-state index in [1.54, 1.807) is 0 Å². The molecule has 4 aromatic rings. The summed E-state index contributed by atoms with van der Waals surface area (Å²) in [6, 6.07) is 20.4. The molecular formula is C31H40O2. The molecule has 1 N–H and O–H groups in total. The fourth-order valence-electron chi connectivity index (χ4n) is 5.19. The van der Waals surface area contributed by atoms with E-state index in [-0.39, 0.29) is 0 Å². The Balaban J connectivity index is 1.13. The monoisotopic (exact) mass is 444 g/mol. The average Bonchev–Trinajstić information content (AvgIpc) is 2.85. The summed E-state index contributed by atoms with van der Waals surface area (Å²) in [5, 5.41) is 17.1. The zero-order valence-corrected chi connectivity index (χ0v) is 20.2. The SMILES string of the molecule is OCCCCCCCCCCCOCCCCc1ccc2ccc3cccc4ccc1c2c34. The number of hydrogen-bond acceptors (Lipinski definition) is 2. The number of unbranched alkanes of at least 4 members (excludes halogenated alkanes) is 9. The minimum absolute atomic E-state index is 0.347. The van der Waals surface area contributed by atoms with Crippen molar-refractivity contribution in [1.82, 2.24) is 0 Å². The van der Waals surface area contributed by atoms with Gasteiger partial charge in [0.25, 0.3) is 0 Å². The summed E-state index contributed by atoms with van der Waals surface area (Å²) in [4.78, 5) is 0. The Bertz CT molecular complexity index is 1080. The highest BCUT2D eigenvalue weighted by atomic mass is 16.5. The predicted octanol–water partition coefficient (Wildman–Crippen LogP) is 8.43. The maximum Gasteiger partial charge on any atom is 0.0466 e. The van der Waals surface area contributed by atoms with Gasteiger partial charge in [0.05, 0.1) is 0 Å². The molecule has 0 unspecified atom stereocenters. The van der Waals surface area contributed by atoms with Gasteiger partial charge in [-0.1, -0.05) is 99.5 Å². The highest BCUT2D eigenvalue weighted by Gasteiger charge is 2.10. The molecule has 0 saturated carbocycles. The van der Waals surface area contributed by atoms with Crippen LogP contribution in [0.25, 0.3) is 32.3 Å². The minimum atomic E-state index is 0.347. The number of ether oxygens (including phenoxy) is 1. The smallest absolute Gasteiger partial charge is 0.0466 e. The summed E-state index contributed by atoms with van der Waals surface area (Å²) in [5.74, 6) is 0. The second-order valence-corrected chi connectivity index (χ2v) is 9.56. The Morgan fingerprint density at radius 1 is 0.515 bits per heavy atom. The molecule has 0 aliphatic carbocycles. The van der Waals surface area contributed by atoms with Crippen LogP contribution < -0.4 is 0 Å². The van der Waals surface area contributed by atoms with Gasteiger partial charge < -0.3 is 9.84 Å². The van der Waals surface area contributed by atoms with Gasteiger partial charge in [-0.15, -0.1) is 0 Å². The second-order valence-electron chi connectivity index (χ2n) is 9.56. The van der Waals surface area contributed by atoms with Gasteiger partial charge in [0, 0.05) is 19.8 Å². The van der Waals surface area contributed by atoms with Crippen LogP contribution in [0.3, 0.4) is 0 Å². The van der Waals surface area contributed by atoms with Gasteiger partial charge in [0.2, 0.25) is 0 Å². The predicted molar refractivity (Wildman–Crippen MR) is 143 cm³/mol. The quantitative estimate of drug-likeness (QED) is 0.139. The Hall–Kier alpha value is -2.16. The molecule has 0 bridgehead atoms. The summed E-state index contributed by atoms with van der Waals surface area (Å²) in [5.41, 5.74) is 1.47. The van der Waals surface area contributed by atoms with Crippen molar-refractivity contribution in [2.45, 2.75) is 77.0 Å². The normalized spacial score (nSPS) is 11.9. The van der Waals surface area contributed by atoms with Crippen molar-refractivity contribution < 1.29 is 9.84 Å². The van der Waals surface area contributed by atoms with Gasteiger partial charge in [-0.05, 0) is 70.0 Å². The molecule has 0 atom stereocenters. The number of aliphatic hydroxyl groups excluding tert-OH is 1. The molecule has 0 fully saturated rings. The van der Waals surface area contributed by atoms with E-state index in [2.05, 4.69) is 54.6 Å². The van der Waals surface area contributed by atoms with Crippen LogP contribution in [-0.2, 0) is 11.2 Å². The number of aliphatic hydroxyl groups is 1. The molecule has 176 valence electrons. The third-order valence-corrected chi connectivity index (χ3v) is 7.05. The van der Waals surface area contributed by atoms with Crippen LogP contribution in [0.4, 0.5) is 0 Å². The number of benzene rings is 4. The molecule has 2 nitrogen and oxygen atoms in total. The minimum Gasteiger partial charge on any atom is -0.396 e. The third kappa shape index (κ3) is 6.46. The zero-order chi connectivity index (χ0) is 22.7. The van der Waals surface area contributed by atoms with Crippen LogP contribution >= 0.6 is 0 Å². The van der Waals surface area contributed by atoms with Crippen molar-refractivity contribution in [3.63, 3.8) is 0 Å². The first-order valence-electron chi connectivity index (χ1n) is 13.2. The first kappa shape index (κ1) is 24.0. The first-order valence-corrected chi connectivity index (χ1v) is 13.2. The molecule has 0 radical (unpaired) electrons. The molecule has 2 heteroatoms. The van der Waals surface area contributed by atoms with Crippen molar-refractivity contribution >= 4 is 32.3 Å². The molecule has 4 aromatic carbocycles. The van der Waals surface area contributed by atoms with Crippen LogP contribution in [0.2, 0.25) is 0 Å². The molecular weight excluding hydrogens is 404 g/mol. The standard InChI is InChI=1S/C31H40O2/c32-22-9-6-4-2-1-3-5-7-10-23-33-24-11-8-13-25-16-17-28-19-18-26-14-12-15-27-20-21-29(25)31(28)30(26)27/h12,14-21,32H,1-11,13,22-24H2. The van der Waals surface area contributed by atoms with Gasteiger partial charge in [0.1, 0.15) is 0 Å². The maximum absolute atomic E-state index is 8.79. The van der Waals surface area contributed by atoms with Crippen molar-refractivity contribution in [2.24, 2.45) is 0 Å². The summed E-state index contributed by atoms with van der Waals surface area (Å²) in [6.45, 7) is 2.14. The number of hydrogen-bond donors (Lipinski definition) is 1. The number of aryl methyl sites for hydroxylation is 1. The molecule has 33 heavy (non-hydrogen) atoms. The molecule has 0 amide bonds. The molecule has 0 aromatic heterocycles. The molecule has 0 aliphatic rings. The summed E-state index contributed by atoms with van der Waals surface area (Å²) >= 11 is 0. The lowest BCUT2D eigenvalue weighted by molar-refractivity contribution is 0.126. The van der Waals surface area contributed by atoms with E-state index in [0.717, 1.165) is 32.5 Å². The van der Waals surface area contributed by atoms with Crippen LogP contribution in [0.15, 0.2) is 54.6 Å². The van der Waals surface area contributed by atoms with Gasteiger partial charge in [-0.25, -0.2) is 0 Å². The molecule has 4 rings (SSSR count). The zero-order valence-electron chi connectivity index (χ0n) is 20.2. The summed E-state index contributed by atoms with van der Waals surface area (Å²) in [7, 11) is 0. The lowest BCUT2D eigenvalue weighted by atomic mass is 9.91. The molecule has 0 aliphatic heterocycles. The lowest BCUT2D eigenvalue weighted by Crippen LogP contribution is -1.98. The molecule has 0 saturated heterocycles. The van der Waals surface area contributed by atoms with E-state index in [0.29, 0.717) is 6.61 Å².